The minimum atomic E-state index is 0.0879. The Morgan fingerprint density at radius 2 is 1.76 bits per heavy atom. The zero-order valence-corrected chi connectivity index (χ0v) is 19.2. The highest BCUT2D eigenvalue weighted by atomic mass is 16.2. The van der Waals surface area contributed by atoms with Crippen LogP contribution in [0.15, 0.2) is 48.9 Å². The van der Waals surface area contributed by atoms with E-state index in [2.05, 4.69) is 20.8 Å². The Hall–Kier alpha value is -3.68. The molecule has 4 aromatic rings. The molecule has 4 heterocycles. The van der Waals surface area contributed by atoms with Crippen LogP contribution < -0.4 is 5.73 Å². The first-order valence-electron chi connectivity index (χ1n) is 12.3. The van der Waals surface area contributed by atoms with E-state index in [-0.39, 0.29) is 5.91 Å². The van der Waals surface area contributed by atoms with Gasteiger partial charge in [0.2, 0.25) is 0 Å². The standard InChI is InChI=1S/C26H29N7O/c27-25-24-21(22-11-12-29-32(22)20-9-2-1-3-10-20)16-23(33(24)30-17-28-25)18-7-6-8-19(15-18)26(34)31-13-4-5-14-31/h6-8,11-12,15-17,20H,1-5,9-10,13-14H2,(H2,27,28,30). The van der Waals surface area contributed by atoms with Crippen LogP contribution in [0.3, 0.4) is 0 Å². The molecule has 0 atom stereocenters. The predicted octanol–water partition coefficient (Wildman–Crippen LogP) is 4.58. The molecule has 1 aliphatic heterocycles. The predicted molar refractivity (Wildman–Crippen MR) is 131 cm³/mol. The van der Waals surface area contributed by atoms with Crippen molar-refractivity contribution in [1.29, 1.82) is 0 Å². The fraction of sp³-hybridized carbons (Fsp3) is 0.385. The van der Waals surface area contributed by atoms with E-state index in [4.69, 9.17) is 10.8 Å². The van der Waals surface area contributed by atoms with Crippen molar-refractivity contribution in [1.82, 2.24) is 29.3 Å². The maximum atomic E-state index is 13.0. The van der Waals surface area contributed by atoms with Crippen LogP contribution in [0.2, 0.25) is 0 Å². The van der Waals surface area contributed by atoms with Crippen molar-refractivity contribution in [3.63, 3.8) is 0 Å². The van der Waals surface area contributed by atoms with Crippen LogP contribution in [-0.2, 0) is 0 Å². The summed E-state index contributed by atoms with van der Waals surface area (Å²) < 4.78 is 3.99. The lowest BCUT2D eigenvalue weighted by Gasteiger charge is -2.23. The fourth-order valence-corrected chi connectivity index (χ4v) is 5.53. The lowest BCUT2D eigenvalue weighted by atomic mass is 9.95. The summed E-state index contributed by atoms with van der Waals surface area (Å²) in [4.78, 5) is 19.2. The molecule has 1 saturated heterocycles. The quantitative estimate of drug-likeness (QED) is 0.486. The second-order valence-corrected chi connectivity index (χ2v) is 9.38. The van der Waals surface area contributed by atoms with E-state index in [1.807, 2.05) is 45.9 Å². The number of hydrogen-bond acceptors (Lipinski definition) is 5. The summed E-state index contributed by atoms with van der Waals surface area (Å²) in [5.41, 5.74) is 11.7. The van der Waals surface area contributed by atoms with Crippen LogP contribution in [0.25, 0.3) is 28.0 Å². The molecule has 1 aliphatic carbocycles. The van der Waals surface area contributed by atoms with Crippen molar-refractivity contribution < 1.29 is 4.79 Å². The van der Waals surface area contributed by atoms with E-state index in [1.54, 1.807) is 0 Å². The molecule has 174 valence electrons. The van der Waals surface area contributed by atoms with E-state index in [9.17, 15) is 4.79 Å². The zero-order valence-electron chi connectivity index (χ0n) is 19.2. The number of nitrogens with two attached hydrogens (primary N) is 1. The molecule has 8 nitrogen and oxygen atoms in total. The summed E-state index contributed by atoms with van der Waals surface area (Å²) in [5, 5.41) is 9.24. The first-order chi connectivity index (χ1) is 16.7. The third-order valence-electron chi connectivity index (χ3n) is 7.25. The van der Waals surface area contributed by atoms with Crippen molar-refractivity contribution in [2.45, 2.75) is 51.0 Å². The number of anilines is 1. The van der Waals surface area contributed by atoms with E-state index in [0.717, 1.165) is 66.8 Å². The van der Waals surface area contributed by atoms with Gasteiger partial charge in [-0.05, 0) is 49.9 Å². The maximum Gasteiger partial charge on any atom is 0.253 e. The normalized spacial score (nSPS) is 17.0. The number of likely N-dealkylation sites (tertiary alicyclic amines) is 1. The minimum Gasteiger partial charge on any atom is -0.382 e. The van der Waals surface area contributed by atoms with Crippen molar-refractivity contribution in [2.24, 2.45) is 0 Å². The number of hydrogen-bond donors (Lipinski definition) is 1. The first kappa shape index (κ1) is 20.9. The molecule has 1 aromatic carbocycles. The molecule has 1 amide bonds. The van der Waals surface area contributed by atoms with E-state index < -0.39 is 0 Å². The number of benzene rings is 1. The molecule has 2 N–H and O–H groups in total. The van der Waals surface area contributed by atoms with E-state index >= 15 is 0 Å². The van der Waals surface area contributed by atoms with Gasteiger partial charge in [0.15, 0.2) is 5.82 Å². The highest BCUT2D eigenvalue weighted by Crippen LogP contribution is 2.38. The largest absolute Gasteiger partial charge is 0.382 e. The second kappa shape index (κ2) is 8.59. The molecular weight excluding hydrogens is 426 g/mol. The zero-order chi connectivity index (χ0) is 23.1. The van der Waals surface area contributed by atoms with Crippen LogP contribution >= 0.6 is 0 Å². The molecule has 2 aliphatic rings. The van der Waals surface area contributed by atoms with E-state index in [0.29, 0.717) is 17.4 Å². The summed E-state index contributed by atoms with van der Waals surface area (Å²) in [6.07, 6.45) is 11.5. The molecule has 3 aromatic heterocycles. The summed E-state index contributed by atoms with van der Waals surface area (Å²) in [6.45, 7) is 1.66. The van der Waals surface area contributed by atoms with Gasteiger partial charge in [0, 0.05) is 36.0 Å². The number of amides is 1. The molecule has 8 heteroatoms. The minimum absolute atomic E-state index is 0.0879. The van der Waals surface area contributed by atoms with Crippen molar-refractivity contribution in [3.8, 4) is 22.5 Å². The summed E-state index contributed by atoms with van der Waals surface area (Å²) in [5.74, 6) is 0.516. The van der Waals surface area contributed by atoms with Crippen LogP contribution in [0.4, 0.5) is 5.82 Å². The summed E-state index contributed by atoms with van der Waals surface area (Å²) in [7, 11) is 0. The van der Waals surface area contributed by atoms with Crippen molar-refractivity contribution in [3.05, 3.63) is 54.5 Å². The van der Waals surface area contributed by atoms with Crippen LogP contribution in [0.1, 0.15) is 61.3 Å². The Balaban J connectivity index is 1.47. The van der Waals surface area contributed by atoms with Gasteiger partial charge >= 0.3 is 0 Å². The average molecular weight is 456 g/mol. The molecule has 0 radical (unpaired) electrons. The Morgan fingerprint density at radius 1 is 0.941 bits per heavy atom. The van der Waals surface area contributed by atoms with Gasteiger partial charge in [0.05, 0.1) is 17.4 Å². The number of nitrogens with zero attached hydrogens (tertiary/aromatic N) is 6. The second-order valence-electron chi connectivity index (χ2n) is 9.38. The molecular formula is C26H29N7O. The van der Waals surface area contributed by atoms with Gasteiger partial charge in [-0.25, -0.2) is 9.50 Å². The maximum absolute atomic E-state index is 13.0. The lowest BCUT2D eigenvalue weighted by molar-refractivity contribution is 0.0793. The van der Waals surface area contributed by atoms with Gasteiger partial charge in [0.25, 0.3) is 5.91 Å². The number of nitrogen functional groups attached to an aromatic ring is 1. The van der Waals surface area contributed by atoms with Gasteiger partial charge < -0.3 is 10.6 Å². The smallest absolute Gasteiger partial charge is 0.253 e. The third-order valence-corrected chi connectivity index (χ3v) is 7.25. The SMILES string of the molecule is Nc1ncnn2c(-c3cccc(C(=O)N4CCCC4)c3)cc(-c3ccnn3C3CCCCC3)c12. The van der Waals surface area contributed by atoms with Crippen LogP contribution in [0.5, 0.6) is 0 Å². The highest BCUT2D eigenvalue weighted by molar-refractivity contribution is 5.96. The van der Waals surface area contributed by atoms with Crippen LogP contribution in [-0.4, -0.2) is 48.3 Å². The Kier molecular flexibility index (Phi) is 5.28. The van der Waals surface area contributed by atoms with Crippen LogP contribution in [0, 0.1) is 0 Å². The van der Waals surface area contributed by atoms with Gasteiger partial charge in [0.1, 0.15) is 11.8 Å². The molecule has 34 heavy (non-hydrogen) atoms. The van der Waals surface area contributed by atoms with Gasteiger partial charge in [-0.1, -0.05) is 31.4 Å². The Morgan fingerprint density at radius 3 is 2.59 bits per heavy atom. The fourth-order valence-electron chi connectivity index (χ4n) is 5.53. The van der Waals surface area contributed by atoms with Crippen molar-refractivity contribution in [2.75, 3.05) is 18.8 Å². The molecule has 6 rings (SSSR count). The van der Waals surface area contributed by atoms with Gasteiger partial charge in [-0.3, -0.25) is 9.48 Å². The van der Waals surface area contributed by atoms with Gasteiger partial charge in [-0.15, -0.1) is 0 Å². The van der Waals surface area contributed by atoms with E-state index in [1.165, 1.54) is 25.6 Å². The molecule has 0 unspecified atom stereocenters. The summed E-state index contributed by atoms with van der Waals surface area (Å²) in [6, 6.07) is 12.4. The molecule has 0 bridgehead atoms. The topological polar surface area (TPSA) is 94.3 Å². The molecule has 2 fully saturated rings. The first-order valence-corrected chi connectivity index (χ1v) is 12.3. The monoisotopic (exact) mass is 455 g/mol. The Bertz CT molecular complexity index is 1340. The number of aromatic nitrogens is 5. The average Bonchev–Trinajstić information content (AvgIpc) is 3.64. The number of fused-ring (bicyclic) bond motifs is 1. The van der Waals surface area contributed by atoms with Crippen molar-refractivity contribution >= 4 is 17.2 Å². The lowest BCUT2D eigenvalue weighted by Crippen LogP contribution is -2.27. The van der Waals surface area contributed by atoms with Gasteiger partial charge in [-0.2, -0.15) is 10.2 Å². The number of carbonyl (C=O) groups excluding carboxylic acids is 1. The summed E-state index contributed by atoms with van der Waals surface area (Å²) >= 11 is 0. The Labute approximate surface area is 198 Å². The number of carbonyl (C=O) groups is 1. The molecule has 0 spiro atoms. The number of rotatable bonds is 4. The highest BCUT2D eigenvalue weighted by Gasteiger charge is 2.24. The molecule has 1 saturated carbocycles. The third kappa shape index (κ3) is 3.54.